The van der Waals surface area contributed by atoms with E-state index in [-0.39, 0.29) is 23.5 Å². The summed E-state index contributed by atoms with van der Waals surface area (Å²) in [4.78, 5) is 48.5. The number of phosphoric acid groups is 2. The molecule has 0 amide bonds. The summed E-state index contributed by atoms with van der Waals surface area (Å²) in [6.45, 7) is 0. The molecule has 1 aliphatic heterocycles. The van der Waals surface area contributed by atoms with Crippen LogP contribution in [0.2, 0.25) is 0 Å². The zero-order chi connectivity index (χ0) is 19.3. The lowest BCUT2D eigenvalue weighted by atomic mass is 10.2. The van der Waals surface area contributed by atoms with Crippen molar-refractivity contribution in [3.8, 4) is 0 Å². The number of nitrogens with one attached hydrogen (secondary N) is 1. The Bertz CT molecular complexity index is 984. The van der Waals surface area contributed by atoms with Crippen LogP contribution in [0.25, 0.3) is 11.2 Å². The van der Waals surface area contributed by atoms with Crippen molar-refractivity contribution in [1.29, 1.82) is 0 Å². The lowest BCUT2D eigenvalue weighted by Gasteiger charge is -2.19. The molecular weight excluding hydrogens is 398 g/mol. The van der Waals surface area contributed by atoms with Crippen LogP contribution in [-0.4, -0.2) is 46.5 Å². The monoisotopic (exact) mass is 412 g/mol. The maximum Gasteiger partial charge on any atom is 0.483 e. The van der Waals surface area contributed by atoms with Gasteiger partial charge in [-0.2, -0.15) is 9.29 Å². The number of rotatable bonds is 5. The average molecular weight is 412 g/mol. The fourth-order valence-corrected chi connectivity index (χ4v) is 4.07. The number of imidazole rings is 1. The fraction of sp³-hybridized carbons (Fsp3) is 0.444. The van der Waals surface area contributed by atoms with Crippen LogP contribution in [0.1, 0.15) is 12.6 Å². The van der Waals surface area contributed by atoms with Gasteiger partial charge in [0.15, 0.2) is 17.5 Å². The SMILES string of the molecule is Nc1nc2c(ncn2[C@H]2C[C@H](N)[C@@H](OP(=O)(O)OP(=O)(O)O)O2)c(=O)[nH]1. The minimum Gasteiger partial charge on any atom is -0.369 e. The standard InChI is InChI=1S/C9H14N6O9P2/c10-3-1-4(22-8(3)23-26(20,21)24-25(17,18)19)15-2-12-5-6(15)13-9(11)14-7(5)16/h2-4,8H,1,10H2,(H,20,21)(H2,17,18,19)(H3,11,13,14,16)/t3-,4+,8+/m0/s1. The van der Waals surface area contributed by atoms with Gasteiger partial charge < -0.3 is 30.9 Å². The quantitative estimate of drug-likeness (QED) is 0.307. The molecule has 2 aromatic rings. The number of aromatic amines is 1. The van der Waals surface area contributed by atoms with E-state index in [0.29, 0.717) is 0 Å². The summed E-state index contributed by atoms with van der Waals surface area (Å²) in [5, 5.41) is 0. The summed E-state index contributed by atoms with van der Waals surface area (Å²) < 4.78 is 37.3. The zero-order valence-electron chi connectivity index (χ0n) is 12.7. The second-order valence-electron chi connectivity index (χ2n) is 5.28. The summed E-state index contributed by atoms with van der Waals surface area (Å²) in [5.74, 6) is -0.158. The number of phosphoric ester groups is 1. The molecule has 0 radical (unpaired) electrons. The van der Waals surface area contributed by atoms with Gasteiger partial charge in [0.05, 0.1) is 12.4 Å². The van der Waals surface area contributed by atoms with Crippen LogP contribution < -0.4 is 17.0 Å². The molecule has 0 aromatic carbocycles. The van der Waals surface area contributed by atoms with Crippen molar-refractivity contribution < 1.29 is 37.4 Å². The van der Waals surface area contributed by atoms with E-state index in [4.69, 9.17) is 26.0 Å². The average Bonchev–Trinajstić information content (AvgIpc) is 3.00. The van der Waals surface area contributed by atoms with Crippen molar-refractivity contribution in [3.63, 3.8) is 0 Å². The van der Waals surface area contributed by atoms with Crippen molar-refractivity contribution in [3.05, 3.63) is 16.7 Å². The normalized spacial score (nSPS) is 26.2. The fourth-order valence-electron chi connectivity index (χ4n) is 2.38. The van der Waals surface area contributed by atoms with Crippen LogP contribution in [0.4, 0.5) is 5.95 Å². The molecular formula is C9H14N6O9P2. The second kappa shape index (κ2) is 6.49. The van der Waals surface area contributed by atoms with Crippen LogP contribution in [-0.2, 0) is 22.7 Å². The van der Waals surface area contributed by atoms with Gasteiger partial charge in [0.2, 0.25) is 5.95 Å². The number of nitrogens with zero attached hydrogens (tertiary/aromatic N) is 3. The number of nitrogens with two attached hydrogens (primary N) is 2. The Morgan fingerprint density at radius 3 is 2.73 bits per heavy atom. The first-order valence-electron chi connectivity index (χ1n) is 6.86. The molecule has 8 N–H and O–H groups in total. The highest BCUT2D eigenvalue weighted by Gasteiger charge is 2.43. The first-order chi connectivity index (χ1) is 12.0. The van der Waals surface area contributed by atoms with Crippen LogP contribution >= 0.6 is 15.6 Å². The van der Waals surface area contributed by atoms with Gasteiger partial charge in [-0.3, -0.25) is 18.9 Å². The summed E-state index contributed by atoms with van der Waals surface area (Å²) in [6, 6.07) is -0.961. The molecule has 15 nitrogen and oxygen atoms in total. The van der Waals surface area contributed by atoms with Gasteiger partial charge in [-0.25, -0.2) is 14.1 Å². The number of ether oxygens (including phenoxy) is 1. The number of H-pyrrole nitrogens is 1. The van der Waals surface area contributed by atoms with Gasteiger partial charge in [-0.15, -0.1) is 0 Å². The first-order valence-corrected chi connectivity index (χ1v) is 9.89. The number of fused-ring (bicyclic) bond motifs is 1. The number of hydrogen-bond donors (Lipinski definition) is 6. The maximum atomic E-state index is 11.8. The van der Waals surface area contributed by atoms with E-state index in [2.05, 4.69) is 23.8 Å². The Kier molecular flexibility index (Phi) is 4.77. The van der Waals surface area contributed by atoms with Crippen molar-refractivity contribution in [2.75, 3.05) is 5.73 Å². The van der Waals surface area contributed by atoms with E-state index >= 15 is 0 Å². The molecule has 3 rings (SSSR count). The highest BCUT2D eigenvalue weighted by Crippen LogP contribution is 2.59. The molecule has 0 aliphatic carbocycles. The largest absolute Gasteiger partial charge is 0.483 e. The van der Waals surface area contributed by atoms with Crippen LogP contribution in [0.15, 0.2) is 11.1 Å². The number of anilines is 1. The number of nitrogen functional groups attached to an aromatic ring is 1. The Morgan fingerprint density at radius 1 is 1.38 bits per heavy atom. The van der Waals surface area contributed by atoms with E-state index in [1.165, 1.54) is 10.9 Å². The van der Waals surface area contributed by atoms with E-state index < -0.39 is 39.8 Å². The smallest absolute Gasteiger partial charge is 0.369 e. The lowest BCUT2D eigenvalue weighted by Crippen LogP contribution is -2.31. The molecule has 2 aromatic heterocycles. The van der Waals surface area contributed by atoms with Gasteiger partial charge in [0.25, 0.3) is 5.56 Å². The van der Waals surface area contributed by atoms with E-state index in [9.17, 15) is 18.8 Å². The minimum atomic E-state index is -5.28. The van der Waals surface area contributed by atoms with Crippen LogP contribution in [0.3, 0.4) is 0 Å². The zero-order valence-corrected chi connectivity index (χ0v) is 14.5. The van der Waals surface area contributed by atoms with Crippen molar-refractivity contribution in [2.24, 2.45) is 5.73 Å². The molecule has 0 bridgehead atoms. The van der Waals surface area contributed by atoms with Gasteiger partial charge in [-0.1, -0.05) is 0 Å². The molecule has 1 unspecified atom stereocenters. The molecule has 1 aliphatic rings. The molecule has 4 atom stereocenters. The summed E-state index contributed by atoms with van der Waals surface area (Å²) >= 11 is 0. The van der Waals surface area contributed by atoms with Gasteiger partial charge in [-0.05, 0) is 0 Å². The topological polar surface area (TPSA) is 238 Å². The van der Waals surface area contributed by atoms with E-state index in [1.54, 1.807) is 0 Å². The van der Waals surface area contributed by atoms with Crippen molar-refractivity contribution in [1.82, 2.24) is 19.5 Å². The second-order valence-corrected chi connectivity index (χ2v) is 8.06. The molecule has 0 spiro atoms. The first kappa shape index (κ1) is 19.1. The van der Waals surface area contributed by atoms with Gasteiger partial charge >= 0.3 is 15.6 Å². The van der Waals surface area contributed by atoms with Crippen molar-refractivity contribution in [2.45, 2.75) is 25.0 Å². The molecule has 1 fully saturated rings. The highest BCUT2D eigenvalue weighted by molar-refractivity contribution is 7.60. The molecule has 144 valence electrons. The minimum absolute atomic E-state index is 0.0154. The maximum absolute atomic E-state index is 11.8. The van der Waals surface area contributed by atoms with E-state index in [1.807, 2.05) is 0 Å². The molecule has 26 heavy (non-hydrogen) atoms. The Morgan fingerprint density at radius 2 is 2.08 bits per heavy atom. The number of aromatic nitrogens is 4. The van der Waals surface area contributed by atoms with Crippen molar-refractivity contribution >= 4 is 32.8 Å². The third-order valence-electron chi connectivity index (χ3n) is 3.32. The lowest BCUT2D eigenvalue weighted by molar-refractivity contribution is -0.109. The third-order valence-corrected chi connectivity index (χ3v) is 5.47. The Labute approximate surface area is 143 Å². The molecule has 0 saturated carbocycles. The Balaban J connectivity index is 1.82. The van der Waals surface area contributed by atoms with Gasteiger partial charge in [0.1, 0.15) is 6.23 Å². The van der Waals surface area contributed by atoms with Crippen LogP contribution in [0.5, 0.6) is 0 Å². The van der Waals surface area contributed by atoms with Gasteiger partial charge in [0, 0.05) is 6.42 Å². The molecule has 1 saturated heterocycles. The summed E-state index contributed by atoms with van der Waals surface area (Å²) in [7, 11) is -10.4. The van der Waals surface area contributed by atoms with Crippen LogP contribution in [0, 0.1) is 0 Å². The predicted molar refractivity (Wildman–Crippen MR) is 83.1 cm³/mol. The Hall–Kier alpha value is -1.67. The molecule has 17 heteroatoms. The third kappa shape index (κ3) is 4.01. The predicted octanol–water partition coefficient (Wildman–Crippen LogP) is -1.50. The molecule has 3 heterocycles. The number of hydrogen-bond acceptors (Lipinski definition) is 10. The summed E-state index contributed by atoms with van der Waals surface area (Å²) in [5.41, 5.74) is 10.8. The highest BCUT2D eigenvalue weighted by atomic mass is 31.3. The summed E-state index contributed by atoms with van der Waals surface area (Å²) in [6.07, 6.45) is -1.15. The van der Waals surface area contributed by atoms with E-state index in [0.717, 1.165) is 0 Å².